The average Bonchev–Trinajstić information content (AvgIpc) is 3.72. The second-order valence-corrected chi connectivity index (χ2v) is 12.8. The Morgan fingerprint density at radius 3 is 1.60 bits per heavy atom. The lowest BCUT2D eigenvalue weighted by atomic mass is 9.98. The van der Waals surface area contributed by atoms with Crippen LogP contribution in [0.15, 0.2) is 164 Å². The van der Waals surface area contributed by atoms with E-state index in [1.807, 2.05) is 18.2 Å². The van der Waals surface area contributed by atoms with Crippen LogP contribution < -0.4 is 0 Å². The highest BCUT2D eigenvalue weighted by Crippen LogP contribution is 2.41. The van der Waals surface area contributed by atoms with E-state index in [0.29, 0.717) is 17.6 Å². The van der Waals surface area contributed by atoms with Crippen LogP contribution in [0.3, 0.4) is 0 Å². The van der Waals surface area contributed by atoms with Crippen molar-refractivity contribution in [1.29, 1.82) is 0 Å². The zero-order chi connectivity index (χ0) is 33.0. The highest BCUT2D eigenvalue weighted by molar-refractivity contribution is 6.23. The van der Waals surface area contributed by atoms with Gasteiger partial charge in [0.05, 0.1) is 22.1 Å². The number of nitrogens with zero attached hydrogens (tertiary/aromatic N) is 5. The number of fused-ring (bicyclic) bond motifs is 7. The molecule has 0 radical (unpaired) electrons. The molecule has 0 spiro atoms. The summed E-state index contributed by atoms with van der Waals surface area (Å²) in [6, 6.07) is 51.2. The number of aromatic nitrogens is 5. The quantitative estimate of drug-likeness (QED) is 0.188. The second-order valence-electron chi connectivity index (χ2n) is 12.8. The van der Waals surface area contributed by atoms with Crippen molar-refractivity contribution in [3.63, 3.8) is 0 Å². The SMILES string of the molecule is C1=CC(c2ccc(-c3nc(-c4ccccc4)nc(-n4c5ccccc5c5ccc6c7ccccc7n(-c7ccccc7)c6c54)n3)cc2)=CCC1. The lowest BCUT2D eigenvalue weighted by molar-refractivity contribution is 0.953. The molecule has 0 fully saturated rings. The molecule has 0 unspecified atom stereocenters. The van der Waals surface area contributed by atoms with E-state index in [1.165, 1.54) is 21.9 Å². The van der Waals surface area contributed by atoms with Crippen LogP contribution in [0, 0.1) is 0 Å². The van der Waals surface area contributed by atoms with Crippen molar-refractivity contribution in [3.8, 4) is 34.4 Å². The molecule has 3 heterocycles. The van der Waals surface area contributed by atoms with Crippen LogP contribution in [0.25, 0.3) is 83.6 Å². The van der Waals surface area contributed by atoms with Gasteiger partial charge in [-0.15, -0.1) is 0 Å². The van der Waals surface area contributed by atoms with E-state index in [0.717, 1.165) is 62.5 Å². The molecule has 1 aliphatic carbocycles. The molecule has 5 nitrogen and oxygen atoms in total. The van der Waals surface area contributed by atoms with Gasteiger partial charge in [-0.1, -0.05) is 140 Å². The molecule has 0 N–H and O–H groups in total. The highest BCUT2D eigenvalue weighted by atomic mass is 15.2. The second kappa shape index (κ2) is 11.5. The molecule has 0 aliphatic heterocycles. The van der Waals surface area contributed by atoms with Crippen LogP contribution >= 0.6 is 0 Å². The van der Waals surface area contributed by atoms with Gasteiger partial charge in [0, 0.05) is 38.4 Å². The minimum atomic E-state index is 0.583. The first-order valence-corrected chi connectivity index (χ1v) is 17.1. The number of hydrogen-bond acceptors (Lipinski definition) is 3. The zero-order valence-corrected chi connectivity index (χ0v) is 27.2. The lowest BCUT2D eigenvalue weighted by Gasteiger charge is -2.13. The summed E-state index contributed by atoms with van der Waals surface area (Å²) in [5.41, 5.74) is 9.82. The van der Waals surface area contributed by atoms with Gasteiger partial charge in [-0.2, -0.15) is 9.97 Å². The summed E-state index contributed by atoms with van der Waals surface area (Å²) >= 11 is 0. The normalized spacial score (nSPS) is 13.1. The molecule has 5 heteroatoms. The van der Waals surface area contributed by atoms with Gasteiger partial charge in [0.2, 0.25) is 5.95 Å². The van der Waals surface area contributed by atoms with Gasteiger partial charge in [0.25, 0.3) is 0 Å². The Hall–Kier alpha value is -6.59. The Morgan fingerprint density at radius 2 is 0.960 bits per heavy atom. The van der Waals surface area contributed by atoms with Gasteiger partial charge in [0.15, 0.2) is 11.6 Å². The summed E-state index contributed by atoms with van der Waals surface area (Å²) in [5, 5.41) is 4.68. The molecule has 0 bridgehead atoms. The first kappa shape index (κ1) is 28.4. The van der Waals surface area contributed by atoms with Crippen molar-refractivity contribution in [2.75, 3.05) is 0 Å². The Morgan fingerprint density at radius 1 is 0.420 bits per heavy atom. The van der Waals surface area contributed by atoms with Gasteiger partial charge in [-0.25, -0.2) is 4.98 Å². The molecular formula is C45H31N5. The molecule has 9 aromatic rings. The maximum absolute atomic E-state index is 5.28. The van der Waals surface area contributed by atoms with E-state index in [1.54, 1.807) is 0 Å². The van der Waals surface area contributed by atoms with Crippen molar-refractivity contribution < 1.29 is 0 Å². The maximum Gasteiger partial charge on any atom is 0.238 e. The monoisotopic (exact) mass is 641 g/mol. The third-order valence-electron chi connectivity index (χ3n) is 9.81. The number of rotatable bonds is 5. The number of allylic oxidation sites excluding steroid dienone is 4. The van der Waals surface area contributed by atoms with E-state index in [4.69, 9.17) is 15.0 Å². The minimum absolute atomic E-state index is 0.583. The zero-order valence-electron chi connectivity index (χ0n) is 27.2. The van der Waals surface area contributed by atoms with Crippen molar-refractivity contribution in [2.24, 2.45) is 0 Å². The fraction of sp³-hybridized carbons (Fsp3) is 0.0444. The third-order valence-corrected chi connectivity index (χ3v) is 9.81. The van der Waals surface area contributed by atoms with Crippen LogP contribution in [0.4, 0.5) is 0 Å². The van der Waals surface area contributed by atoms with Gasteiger partial charge < -0.3 is 4.57 Å². The Kier molecular flexibility index (Phi) is 6.56. The Labute approximate surface area is 289 Å². The summed E-state index contributed by atoms with van der Waals surface area (Å²) in [7, 11) is 0. The van der Waals surface area contributed by atoms with Gasteiger partial charge in [0.1, 0.15) is 0 Å². The van der Waals surface area contributed by atoms with Crippen LogP contribution in [-0.2, 0) is 0 Å². The molecule has 0 saturated heterocycles. The van der Waals surface area contributed by atoms with Crippen molar-refractivity contribution >= 4 is 49.2 Å². The van der Waals surface area contributed by atoms with E-state index in [9.17, 15) is 0 Å². The molecule has 236 valence electrons. The number of para-hydroxylation sites is 3. The molecule has 3 aromatic heterocycles. The largest absolute Gasteiger partial charge is 0.307 e. The molecule has 10 rings (SSSR count). The number of benzene rings is 6. The summed E-state index contributed by atoms with van der Waals surface area (Å²) in [6.45, 7) is 0. The smallest absolute Gasteiger partial charge is 0.238 e. The maximum atomic E-state index is 5.28. The minimum Gasteiger partial charge on any atom is -0.307 e. The van der Waals surface area contributed by atoms with Gasteiger partial charge in [-0.3, -0.25) is 4.57 Å². The summed E-state index contributed by atoms with van der Waals surface area (Å²) < 4.78 is 4.63. The lowest BCUT2D eigenvalue weighted by Crippen LogP contribution is -2.07. The fourth-order valence-corrected chi connectivity index (χ4v) is 7.50. The molecule has 6 aromatic carbocycles. The van der Waals surface area contributed by atoms with Gasteiger partial charge >= 0.3 is 0 Å². The van der Waals surface area contributed by atoms with Crippen LogP contribution in [0.2, 0.25) is 0 Å². The molecule has 1 aliphatic rings. The predicted octanol–water partition coefficient (Wildman–Crippen LogP) is 11.1. The molecule has 50 heavy (non-hydrogen) atoms. The summed E-state index contributed by atoms with van der Waals surface area (Å²) in [6.07, 6.45) is 8.93. The van der Waals surface area contributed by atoms with Crippen LogP contribution in [0.5, 0.6) is 0 Å². The van der Waals surface area contributed by atoms with E-state index in [-0.39, 0.29) is 0 Å². The topological polar surface area (TPSA) is 48.5 Å². The molecule has 0 amide bonds. The summed E-state index contributed by atoms with van der Waals surface area (Å²) in [5.74, 6) is 1.85. The van der Waals surface area contributed by atoms with Crippen molar-refractivity contribution in [1.82, 2.24) is 24.1 Å². The standard InChI is InChI=1S/C45H31N5/c1-4-14-30(15-5-1)31-24-26-33(27-25-31)44-46-43(32-16-6-2-7-17-32)47-45(48-44)50-40-23-13-11-21-36(40)38-29-28-37-35-20-10-12-22-39(35)49(41(37)42(38)50)34-18-8-3-9-19-34/h2-4,6-29H,1,5H2. The average molecular weight is 642 g/mol. The fourth-order valence-electron chi connectivity index (χ4n) is 7.50. The van der Waals surface area contributed by atoms with E-state index in [2.05, 4.69) is 155 Å². The van der Waals surface area contributed by atoms with Crippen molar-refractivity contribution in [2.45, 2.75) is 12.8 Å². The van der Waals surface area contributed by atoms with E-state index >= 15 is 0 Å². The molecular weight excluding hydrogens is 611 g/mol. The molecule has 0 atom stereocenters. The Bertz CT molecular complexity index is 2790. The van der Waals surface area contributed by atoms with Crippen LogP contribution in [-0.4, -0.2) is 24.1 Å². The number of hydrogen-bond donors (Lipinski definition) is 0. The predicted molar refractivity (Wildman–Crippen MR) is 206 cm³/mol. The Balaban J connectivity index is 1.30. The van der Waals surface area contributed by atoms with E-state index < -0.39 is 0 Å². The van der Waals surface area contributed by atoms with Gasteiger partial charge in [-0.05, 0) is 48.2 Å². The summed E-state index contributed by atoms with van der Waals surface area (Å²) in [4.78, 5) is 15.6. The first-order chi connectivity index (χ1) is 24.8. The van der Waals surface area contributed by atoms with Crippen molar-refractivity contribution in [3.05, 3.63) is 169 Å². The highest BCUT2D eigenvalue weighted by Gasteiger charge is 2.23. The third kappa shape index (κ3) is 4.51. The van der Waals surface area contributed by atoms with Crippen LogP contribution in [0.1, 0.15) is 18.4 Å². The first-order valence-electron chi connectivity index (χ1n) is 17.1. The molecule has 0 saturated carbocycles.